The van der Waals surface area contributed by atoms with E-state index < -0.39 is 14.7 Å². The van der Waals surface area contributed by atoms with Gasteiger partial charge in [-0.25, -0.2) is 0 Å². The molecule has 0 spiro atoms. The number of hydrogen-bond acceptors (Lipinski definition) is 0. The average Bonchev–Trinajstić information content (AvgIpc) is 3.25. The Morgan fingerprint density at radius 2 is 1.18 bits per heavy atom. The SMILES string of the molecule is CC1=C(C)[C@H]2[C@H](P(c3ccccc3)c3ccccc3)C[C@@H]1[As]2c1ccccc1. The zero-order chi connectivity index (χ0) is 19.1. The summed E-state index contributed by atoms with van der Waals surface area (Å²) in [5.74, 6) is 0. The van der Waals surface area contributed by atoms with Crippen molar-refractivity contribution in [2.45, 2.75) is 35.3 Å². The molecule has 0 nitrogen and oxygen atoms in total. The second kappa shape index (κ2) is 7.66. The van der Waals surface area contributed by atoms with E-state index in [9.17, 15) is 0 Å². The van der Waals surface area contributed by atoms with Crippen LogP contribution in [0.1, 0.15) is 20.3 Å². The Balaban J connectivity index is 1.61. The van der Waals surface area contributed by atoms with Gasteiger partial charge >= 0.3 is 175 Å². The Bertz CT molecular complexity index is 941. The van der Waals surface area contributed by atoms with Crippen LogP contribution in [0.2, 0.25) is 9.41 Å². The van der Waals surface area contributed by atoms with Crippen LogP contribution < -0.4 is 15.0 Å². The van der Waals surface area contributed by atoms with E-state index in [0.29, 0.717) is 0 Å². The van der Waals surface area contributed by atoms with Crippen molar-refractivity contribution in [3.63, 3.8) is 0 Å². The molecule has 0 N–H and O–H groups in total. The van der Waals surface area contributed by atoms with Crippen LogP contribution in [0.5, 0.6) is 0 Å². The van der Waals surface area contributed by atoms with Gasteiger partial charge in [0.25, 0.3) is 0 Å². The monoisotopic (exact) mass is 444 g/mol. The van der Waals surface area contributed by atoms with Crippen molar-refractivity contribution in [2.75, 3.05) is 0 Å². The predicted octanol–water partition coefficient (Wildman–Crippen LogP) is 5.38. The van der Waals surface area contributed by atoms with Crippen molar-refractivity contribution >= 4 is 37.5 Å². The van der Waals surface area contributed by atoms with Gasteiger partial charge in [0, 0.05) is 0 Å². The summed E-state index contributed by atoms with van der Waals surface area (Å²) in [6, 6.07) is 34.2. The topological polar surface area (TPSA) is 0 Å². The Labute approximate surface area is 174 Å². The van der Waals surface area contributed by atoms with Crippen molar-refractivity contribution in [3.8, 4) is 0 Å². The molecule has 140 valence electrons. The first-order valence-electron chi connectivity index (χ1n) is 10.2. The summed E-state index contributed by atoms with van der Waals surface area (Å²) in [6.45, 7) is 4.87. The third-order valence-electron chi connectivity index (χ3n) is 6.48. The van der Waals surface area contributed by atoms with E-state index in [0.717, 1.165) is 15.1 Å². The Hall–Kier alpha value is -1.61. The number of benzene rings is 3. The molecule has 0 aromatic heterocycles. The molecule has 0 aliphatic carbocycles. The van der Waals surface area contributed by atoms with Crippen molar-refractivity contribution in [1.82, 2.24) is 0 Å². The number of fused-ring (bicyclic) bond motifs is 2. The van der Waals surface area contributed by atoms with Crippen molar-refractivity contribution in [2.24, 2.45) is 0 Å². The summed E-state index contributed by atoms with van der Waals surface area (Å²) in [4.78, 5) is 0. The van der Waals surface area contributed by atoms with Gasteiger partial charge < -0.3 is 0 Å². The molecular formula is C26H26AsP. The van der Waals surface area contributed by atoms with Crippen LogP contribution in [-0.2, 0) is 0 Å². The fourth-order valence-corrected chi connectivity index (χ4v) is 18.0. The first kappa shape index (κ1) is 18.4. The van der Waals surface area contributed by atoms with E-state index in [1.807, 2.05) is 0 Å². The first-order valence-corrected chi connectivity index (χ1v) is 14.7. The maximum atomic E-state index is 2.44. The zero-order valence-electron chi connectivity index (χ0n) is 16.5. The molecule has 2 bridgehead atoms. The van der Waals surface area contributed by atoms with Gasteiger partial charge in [-0.2, -0.15) is 0 Å². The first-order chi connectivity index (χ1) is 13.8. The van der Waals surface area contributed by atoms with Crippen LogP contribution in [0.3, 0.4) is 0 Å². The molecule has 0 saturated carbocycles. The molecule has 2 heterocycles. The molecule has 1 fully saturated rings. The maximum absolute atomic E-state index is 2.44. The Kier molecular flexibility index (Phi) is 5.04. The second-order valence-corrected chi connectivity index (χ2v) is 15.6. The van der Waals surface area contributed by atoms with Gasteiger partial charge in [-0.3, -0.25) is 0 Å². The number of allylic oxidation sites excluding steroid dienone is 2. The Morgan fingerprint density at radius 1 is 0.679 bits per heavy atom. The summed E-state index contributed by atoms with van der Waals surface area (Å²) < 4.78 is 3.34. The molecule has 3 aromatic rings. The summed E-state index contributed by atoms with van der Waals surface area (Å²) in [7, 11) is -0.327. The van der Waals surface area contributed by atoms with Crippen LogP contribution in [-0.4, -0.2) is 20.3 Å². The third kappa shape index (κ3) is 3.03. The van der Waals surface area contributed by atoms with Crippen molar-refractivity contribution < 1.29 is 0 Å². The average molecular weight is 444 g/mol. The summed E-state index contributed by atoms with van der Waals surface area (Å²) in [6.07, 6.45) is 1.39. The van der Waals surface area contributed by atoms with E-state index in [1.54, 1.807) is 26.1 Å². The molecule has 0 amide bonds. The Morgan fingerprint density at radius 3 is 1.71 bits per heavy atom. The standard InChI is InChI=1S/C26H26AsP/c1-19-20(2)26-25(18-24(19)27(26)21-12-6-3-7-13-21)28(22-14-8-4-9-15-22)23-16-10-5-11-17-23/h3-17,24-26H,18H2,1-2H3/t24-,25+,26-,27?/m0/s1. The quantitative estimate of drug-likeness (QED) is 0.288. The van der Waals surface area contributed by atoms with Crippen molar-refractivity contribution in [1.29, 1.82) is 0 Å². The van der Waals surface area contributed by atoms with Gasteiger partial charge in [0.1, 0.15) is 0 Å². The van der Waals surface area contributed by atoms with Crippen LogP contribution in [0.4, 0.5) is 0 Å². The molecular weight excluding hydrogens is 418 g/mol. The fourth-order valence-electron chi connectivity index (χ4n) is 5.13. The number of hydrogen-bond donors (Lipinski definition) is 0. The molecule has 2 heteroatoms. The van der Waals surface area contributed by atoms with Gasteiger partial charge in [-0.1, -0.05) is 0 Å². The third-order valence-corrected chi connectivity index (χ3v) is 17.2. The van der Waals surface area contributed by atoms with E-state index >= 15 is 0 Å². The van der Waals surface area contributed by atoms with Gasteiger partial charge in [-0.05, 0) is 0 Å². The van der Waals surface area contributed by atoms with E-state index in [-0.39, 0.29) is 7.92 Å². The van der Waals surface area contributed by atoms with Gasteiger partial charge in [0.2, 0.25) is 0 Å². The van der Waals surface area contributed by atoms with E-state index in [4.69, 9.17) is 0 Å². The van der Waals surface area contributed by atoms with Crippen LogP contribution in [0.15, 0.2) is 102 Å². The number of rotatable bonds is 4. The molecule has 4 atom stereocenters. The van der Waals surface area contributed by atoms with Crippen LogP contribution >= 0.6 is 7.92 Å². The van der Waals surface area contributed by atoms with Gasteiger partial charge in [0.15, 0.2) is 0 Å². The zero-order valence-corrected chi connectivity index (χ0v) is 19.3. The molecule has 2 aliphatic rings. The minimum atomic E-state index is -1.14. The molecule has 28 heavy (non-hydrogen) atoms. The predicted molar refractivity (Wildman–Crippen MR) is 125 cm³/mol. The summed E-state index contributed by atoms with van der Waals surface area (Å²) >= 11 is -1.14. The molecule has 2 aliphatic heterocycles. The molecule has 3 aromatic carbocycles. The van der Waals surface area contributed by atoms with Crippen LogP contribution in [0.25, 0.3) is 0 Å². The van der Waals surface area contributed by atoms with E-state index in [2.05, 4.69) is 105 Å². The molecule has 5 rings (SSSR count). The summed E-state index contributed by atoms with van der Waals surface area (Å²) in [5, 5.41) is 3.10. The molecule has 1 saturated heterocycles. The fraction of sp³-hybridized carbons (Fsp3) is 0.231. The van der Waals surface area contributed by atoms with Gasteiger partial charge in [0.05, 0.1) is 0 Å². The second-order valence-electron chi connectivity index (χ2n) is 7.91. The normalized spacial score (nSPS) is 26.2. The van der Waals surface area contributed by atoms with Crippen molar-refractivity contribution in [3.05, 3.63) is 102 Å². The van der Waals surface area contributed by atoms with Crippen LogP contribution in [0, 0.1) is 0 Å². The molecule has 1 unspecified atom stereocenters. The summed E-state index contributed by atoms with van der Waals surface area (Å²) in [5.41, 5.74) is 4.24. The molecule has 0 radical (unpaired) electrons. The van der Waals surface area contributed by atoms with Gasteiger partial charge in [-0.15, -0.1) is 0 Å². The van der Waals surface area contributed by atoms with E-state index in [1.165, 1.54) is 6.42 Å². The minimum absolute atomic E-state index is 0.327.